The Labute approximate surface area is 130 Å². The molecule has 2 rings (SSSR count). The second-order valence-electron chi connectivity index (χ2n) is 4.49. The average Bonchev–Trinajstić information content (AvgIpc) is 2.99. The van der Waals surface area contributed by atoms with Crippen LogP contribution < -0.4 is 5.32 Å². The molecular formula is C13H14ClN3O3S. The summed E-state index contributed by atoms with van der Waals surface area (Å²) in [6, 6.07) is 3.21. The van der Waals surface area contributed by atoms with Crippen molar-refractivity contribution in [2.75, 3.05) is 0 Å². The Morgan fingerprint density at radius 1 is 1.43 bits per heavy atom. The lowest BCUT2D eigenvalue weighted by atomic mass is 10.4. The minimum absolute atomic E-state index is 0.0799. The van der Waals surface area contributed by atoms with Crippen molar-refractivity contribution in [3.05, 3.63) is 38.3 Å². The lowest BCUT2D eigenvalue weighted by Gasteiger charge is -2.05. The van der Waals surface area contributed by atoms with E-state index in [0.717, 1.165) is 21.9 Å². The van der Waals surface area contributed by atoms with Gasteiger partial charge < -0.3 is 10.4 Å². The molecule has 0 saturated carbocycles. The number of thiophene rings is 1. The highest BCUT2D eigenvalue weighted by atomic mass is 35.5. The quantitative estimate of drug-likeness (QED) is 0.882. The molecule has 0 aliphatic rings. The van der Waals surface area contributed by atoms with Gasteiger partial charge in [-0.3, -0.25) is 9.48 Å². The third kappa shape index (κ3) is 3.62. The maximum Gasteiger partial charge on any atom is 0.345 e. The van der Waals surface area contributed by atoms with E-state index < -0.39 is 5.97 Å². The summed E-state index contributed by atoms with van der Waals surface area (Å²) in [4.78, 5) is 23.7. The van der Waals surface area contributed by atoms with E-state index in [9.17, 15) is 9.59 Å². The van der Waals surface area contributed by atoms with Gasteiger partial charge in [0, 0.05) is 4.88 Å². The van der Waals surface area contributed by atoms with Crippen LogP contribution in [0.4, 0.5) is 0 Å². The molecule has 6 nitrogen and oxygen atoms in total. The van der Waals surface area contributed by atoms with E-state index in [2.05, 4.69) is 10.4 Å². The van der Waals surface area contributed by atoms with Gasteiger partial charge in [0.25, 0.3) is 0 Å². The molecule has 0 aliphatic heterocycles. The minimum atomic E-state index is -0.963. The topological polar surface area (TPSA) is 84.2 Å². The second-order valence-corrected chi connectivity index (χ2v) is 6.04. The fraction of sp³-hybridized carbons (Fsp3) is 0.308. The van der Waals surface area contributed by atoms with Crippen LogP contribution in [-0.4, -0.2) is 26.8 Å². The molecule has 0 fully saturated rings. The van der Waals surface area contributed by atoms with Gasteiger partial charge in [-0.1, -0.05) is 11.6 Å². The number of halogens is 1. The summed E-state index contributed by atoms with van der Waals surface area (Å²) in [6.07, 6.45) is 0. The molecule has 21 heavy (non-hydrogen) atoms. The van der Waals surface area contributed by atoms with Gasteiger partial charge in [-0.15, -0.1) is 11.3 Å². The minimum Gasteiger partial charge on any atom is -0.477 e. The molecule has 0 aromatic carbocycles. The first-order chi connectivity index (χ1) is 9.88. The largest absolute Gasteiger partial charge is 0.477 e. The highest BCUT2D eigenvalue weighted by Crippen LogP contribution is 2.19. The van der Waals surface area contributed by atoms with Gasteiger partial charge >= 0.3 is 5.97 Å². The Bertz CT molecular complexity index is 693. The maximum absolute atomic E-state index is 11.9. The monoisotopic (exact) mass is 327 g/mol. The van der Waals surface area contributed by atoms with Crippen LogP contribution in [0.5, 0.6) is 0 Å². The first kappa shape index (κ1) is 15.5. The molecule has 0 spiro atoms. The van der Waals surface area contributed by atoms with Crippen LogP contribution in [0.3, 0.4) is 0 Å². The van der Waals surface area contributed by atoms with E-state index >= 15 is 0 Å². The van der Waals surface area contributed by atoms with E-state index in [1.54, 1.807) is 24.6 Å². The normalized spacial score (nSPS) is 10.6. The van der Waals surface area contributed by atoms with Crippen molar-refractivity contribution in [2.24, 2.45) is 0 Å². The van der Waals surface area contributed by atoms with Crippen molar-refractivity contribution in [2.45, 2.75) is 26.9 Å². The number of amides is 1. The van der Waals surface area contributed by atoms with Crippen molar-refractivity contribution in [1.29, 1.82) is 0 Å². The highest BCUT2D eigenvalue weighted by molar-refractivity contribution is 7.13. The fourth-order valence-corrected chi connectivity index (χ4v) is 2.72. The van der Waals surface area contributed by atoms with Crippen LogP contribution in [0.2, 0.25) is 5.02 Å². The van der Waals surface area contributed by atoms with E-state index in [-0.39, 0.29) is 17.3 Å². The third-order valence-electron chi connectivity index (χ3n) is 2.92. The zero-order chi connectivity index (χ0) is 15.6. The number of nitrogens with one attached hydrogen (secondary N) is 1. The van der Waals surface area contributed by atoms with Crippen molar-refractivity contribution in [3.8, 4) is 0 Å². The van der Waals surface area contributed by atoms with Gasteiger partial charge in [-0.2, -0.15) is 5.10 Å². The fourth-order valence-electron chi connectivity index (χ4n) is 1.79. The SMILES string of the molecule is Cc1nn(CC(=O)NCc2ccc(C(=O)O)s2)c(C)c1Cl. The Kier molecular flexibility index (Phi) is 4.64. The summed E-state index contributed by atoms with van der Waals surface area (Å²) in [5.41, 5.74) is 1.43. The molecule has 0 unspecified atom stereocenters. The number of nitrogens with zero attached hydrogens (tertiary/aromatic N) is 2. The summed E-state index contributed by atoms with van der Waals surface area (Å²) < 4.78 is 1.55. The van der Waals surface area contributed by atoms with Crippen molar-refractivity contribution in [3.63, 3.8) is 0 Å². The molecule has 0 bridgehead atoms. The number of carbonyl (C=O) groups is 2. The first-order valence-electron chi connectivity index (χ1n) is 6.16. The second kappa shape index (κ2) is 6.28. The van der Waals surface area contributed by atoms with Gasteiger partial charge in [-0.25, -0.2) is 4.79 Å². The molecule has 2 heterocycles. The Morgan fingerprint density at radius 2 is 2.14 bits per heavy atom. The molecule has 0 radical (unpaired) electrons. The predicted octanol–water partition coefficient (Wildman–Crippen LogP) is 2.23. The molecule has 1 amide bonds. The van der Waals surface area contributed by atoms with E-state index in [4.69, 9.17) is 16.7 Å². The number of aryl methyl sites for hydroxylation is 1. The third-order valence-corrected chi connectivity index (χ3v) is 4.54. The molecule has 0 aliphatic carbocycles. The molecule has 8 heteroatoms. The smallest absolute Gasteiger partial charge is 0.345 e. The number of aromatic carboxylic acids is 1. The number of carbonyl (C=O) groups excluding carboxylic acids is 1. The molecular weight excluding hydrogens is 314 g/mol. The van der Waals surface area contributed by atoms with E-state index in [0.29, 0.717) is 17.3 Å². The van der Waals surface area contributed by atoms with Crippen molar-refractivity contribution >= 4 is 34.8 Å². The maximum atomic E-state index is 11.9. The van der Waals surface area contributed by atoms with Crippen LogP contribution in [0.15, 0.2) is 12.1 Å². The number of aromatic nitrogens is 2. The summed E-state index contributed by atoms with van der Waals surface area (Å²) in [5.74, 6) is -1.17. The van der Waals surface area contributed by atoms with Crippen LogP contribution in [0.25, 0.3) is 0 Å². The Hall–Kier alpha value is -1.86. The zero-order valence-electron chi connectivity index (χ0n) is 11.5. The van der Waals surface area contributed by atoms with Crippen LogP contribution in [0.1, 0.15) is 25.9 Å². The number of hydrogen-bond donors (Lipinski definition) is 2. The molecule has 2 aromatic rings. The Balaban J connectivity index is 1.92. The Morgan fingerprint density at radius 3 is 2.67 bits per heavy atom. The van der Waals surface area contributed by atoms with Crippen molar-refractivity contribution in [1.82, 2.24) is 15.1 Å². The molecule has 2 aromatic heterocycles. The number of carboxylic acids is 1. The summed E-state index contributed by atoms with van der Waals surface area (Å²) >= 11 is 7.16. The molecule has 2 N–H and O–H groups in total. The van der Waals surface area contributed by atoms with Gasteiger partial charge in [0.2, 0.25) is 5.91 Å². The van der Waals surface area contributed by atoms with Crippen LogP contribution >= 0.6 is 22.9 Å². The molecule has 112 valence electrons. The lowest BCUT2D eigenvalue weighted by molar-refractivity contribution is -0.122. The summed E-state index contributed by atoms with van der Waals surface area (Å²) in [7, 11) is 0. The van der Waals surface area contributed by atoms with Crippen LogP contribution in [-0.2, 0) is 17.9 Å². The van der Waals surface area contributed by atoms with E-state index in [1.807, 2.05) is 0 Å². The zero-order valence-corrected chi connectivity index (χ0v) is 13.1. The van der Waals surface area contributed by atoms with Gasteiger partial charge in [0.1, 0.15) is 11.4 Å². The number of carboxylic acid groups (broad SMARTS) is 1. The van der Waals surface area contributed by atoms with Gasteiger partial charge in [-0.05, 0) is 26.0 Å². The molecule has 0 saturated heterocycles. The van der Waals surface area contributed by atoms with Gasteiger partial charge in [0.15, 0.2) is 0 Å². The highest BCUT2D eigenvalue weighted by Gasteiger charge is 2.12. The van der Waals surface area contributed by atoms with Gasteiger partial charge in [0.05, 0.1) is 23.0 Å². The average molecular weight is 328 g/mol. The summed E-state index contributed by atoms with van der Waals surface area (Å²) in [5, 5.41) is 16.3. The number of rotatable bonds is 5. The lowest BCUT2D eigenvalue weighted by Crippen LogP contribution is -2.27. The standard InChI is InChI=1S/C13H14ClN3O3S/c1-7-12(14)8(2)17(16-7)6-11(18)15-5-9-3-4-10(21-9)13(19)20/h3-4H,5-6H2,1-2H3,(H,15,18)(H,19,20). The van der Waals surface area contributed by atoms with E-state index in [1.165, 1.54) is 6.07 Å². The predicted molar refractivity (Wildman–Crippen MR) is 79.8 cm³/mol. The van der Waals surface area contributed by atoms with Crippen molar-refractivity contribution < 1.29 is 14.7 Å². The molecule has 0 atom stereocenters. The van der Waals surface area contributed by atoms with Crippen LogP contribution in [0, 0.1) is 13.8 Å². The number of hydrogen-bond acceptors (Lipinski definition) is 4. The first-order valence-corrected chi connectivity index (χ1v) is 7.36. The summed E-state index contributed by atoms with van der Waals surface area (Å²) in [6.45, 7) is 3.96.